The van der Waals surface area contributed by atoms with Gasteiger partial charge in [-0.05, 0) is 52.3 Å². The molecule has 2 N–H and O–H groups in total. The molecule has 5 nitrogen and oxygen atoms in total. The van der Waals surface area contributed by atoms with Gasteiger partial charge in [0.15, 0.2) is 0 Å². The van der Waals surface area contributed by atoms with Crippen LogP contribution in [0.15, 0.2) is 24.3 Å². The zero-order chi connectivity index (χ0) is 15.8. The molecule has 1 saturated heterocycles. The summed E-state index contributed by atoms with van der Waals surface area (Å²) < 4.78 is 11.3. The summed E-state index contributed by atoms with van der Waals surface area (Å²) in [5.41, 5.74) is 6.16. The number of amides is 1. The molecule has 0 spiro atoms. The van der Waals surface area contributed by atoms with Gasteiger partial charge < -0.3 is 15.2 Å². The van der Waals surface area contributed by atoms with Gasteiger partial charge in [-0.1, -0.05) is 12.1 Å². The molecule has 1 atom stereocenters. The average molecular weight is 292 g/mol. The number of carbonyl (C=O) groups excluding carboxylic acids is 1. The van der Waals surface area contributed by atoms with Crippen molar-refractivity contribution in [3.05, 3.63) is 29.8 Å². The van der Waals surface area contributed by atoms with Crippen molar-refractivity contribution >= 4 is 11.8 Å². The number of carbonyl (C=O) groups is 1. The van der Waals surface area contributed by atoms with E-state index in [0.29, 0.717) is 12.3 Å². The Bertz CT molecular complexity index is 517. The summed E-state index contributed by atoms with van der Waals surface area (Å²) in [4.78, 5) is 14.2. The number of nitrogens with two attached hydrogens (primary N) is 1. The number of nitrogen functional groups attached to an aromatic ring is 1. The van der Waals surface area contributed by atoms with Crippen LogP contribution in [0.4, 0.5) is 10.5 Å². The third kappa shape index (κ3) is 3.47. The Balaban J connectivity index is 2.28. The van der Waals surface area contributed by atoms with Crippen molar-refractivity contribution in [1.29, 1.82) is 0 Å². The fourth-order valence-electron chi connectivity index (χ4n) is 2.42. The predicted octanol–water partition coefficient (Wildman–Crippen LogP) is 3.31. The summed E-state index contributed by atoms with van der Waals surface area (Å²) in [6.45, 7) is 9.74. The maximum atomic E-state index is 12.5. The third-order valence-electron chi connectivity index (χ3n) is 3.40. The van der Waals surface area contributed by atoms with Gasteiger partial charge in [-0.25, -0.2) is 4.79 Å². The molecule has 1 aromatic carbocycles. The van der Waals surface area contributed by atoms with Crippen LogP contribution in [-0.2, 0) is 9.47 Å². The topological polar surface area (TPSA) is 64.8 Å². The van der Waals surface area contributed by atoms with Crippen molar-refractivity contribution in [3.8, 4) is 0 Å². The molecule has 1 fully saturated rings. The molecule has 0 radical (unpaired) electrons. The maximum absolute atomic E-state index is 12.5. The van der Waals surface area contributed by atoms with E-state index in [1.165, 1.54) is 0 Å². The highest BCUT2D eigenvalue weighted by molar-refractivity contribution is 5.70. The van der Waals surface area contributed by atoms with E-state index in [1.807, 2.05) is 58.9 Å². The number of hydrogen-bond donors (Lipinski definition) is 1. The Morgan fingerprint density at radius 2 is 1.90 bits per heavy atom. The number of rotatable bonds is 1. The molecule has 116 valence electrons. The predicted molar refractivity (Wildman–Crippen MR) is 81.7 cm³/mol. The molecule has 21 heavy (non-hydrogen) atoms. The summed E-state index contributed by atoms with van der Waals surface area (Å²) in [5.74, 6) is 0. The Morgan fingerprint density at radius 3 is 2.43 bits per heavy atom. The number of benzene rings is 1. The SMILES string of the molecule is CC(C)(C)OC(=O)N1C(c2ccc(N)cc2)COC1(C)C. The zero-order valence-corrected chi connectivity index (χ0v) is 13.3. The van der Waals surface area contributed by atoms with Gasteiger partial charge in [-0.15, -0.1) is 0 Å². The maximum Gasteiger partial charge on any atom is 0.413 e. The van der Waals surface area contributed by atoms with E-state index in [1.54, 1.807) is 4.90 Å². The molecule has 0 saturated carbocycles. The smallest absolute Gasteiger partial charge is 0.413 e. The highest BCUT2D eigenvalue weighted by Gasteiger charge is 2.46. The Labute approximate surface area is 126 Å². The fraction of sp³-hybridized carbons (Fsp3) is 0.562. The minimum Gasteiger partial charge on any atom is -0.444 e. The lowest BCUT2D eigenvalue weighted by atomic mass is 10.1. The van der Waals surface area contributed by atoms with Crippen molar-refractivity contribution in [2.45, 2.75) is 52.0 Å². The molecule has 1 aliphatic rings. The lowest BCUT2D eigenvalue weighted by Gasteiger charge is -2.35. The molecular weight excluding hydrogens is 268 g/mol. The van der Waals surface area contributed by atoms with Crippen molar-refractivity contribution < 1.29 is 14.3 Å². The second kappa shape index (κ2) is 5.22. The number of hydrogen-bond acceptors (Lipinski definition) is 4. The van der Waals surface area contributed by atoms with Gasteiger partial charge in [0, 0.05) is 5.69 Å². The molecule has 0 bridgehead atoms. The van der Waals surface area contributed by atoms with Gasteiger partial charge >= 0.3 is 6.09 Å². The van der Waals surface area contributed by atoms with E-state index in [2.05, 4.69) is 0 Å². The minimum absolute atomic E-state index is 0.171. The lowest BCUT2D eigenvalue weighted by molar-refractivity contribution is -0.0626. The van der Waals surface area contributed by atoms with Crippen molar-refractivity contribution in [1.82, 2.24) is 4.90 Å². The van der Waals surface area contributed by atoms with Gasteiger partial charge in [0.1, 0.15) is 11.3 Å². The summed E-state index contributed by atoms with van der Waals surface area (Å²) in [5, 5.41) is 0. The third-order valence-corrected chi connectivity index (χ3v) is 3.40. The van der Waals surface area contributed by atoms with Crippen LogP contribution in [0.3, 0.4) is 0 Å². The van der Waals surface area contributed by atoms with Crippen LogP contribution >= 0.6 is 0 Å². The summed E-state index contributed by atoms with van der Waals surface area (Å²) in [7, 11) is 0. The fourth-order valence-corrected chi connectivity index (χ4v) is 2.42. The molecule has 0 aliphatic carbocycles. The van der Waals surface area contributed by atoms with E-state index in [0.717, 1.165) is 5.56 Å². The lowest BCUT2D eigenvalue weighted by Crippen LogP contribution is -2.47. The van der Waals surface area contributed by atoms with Crippen LogP contribution in [0.25, 0.3) is 0 Å². The van der Waals surface area contributed by atoms with E-state index in [-0.39, 0.29) is 12.1 Å². The highest BCUT2D eigenvalue weighted by Crippen LogP contribution is 2.38. The average Bonchev–Trinajstić information content (AvgIpc) is 2.64. The summed E-state index contributed by atoms with van der Waals surface area (Å²) >= 11 is 0. The van der Waals surface area contributed by atoms with Gasteiger partial charge in [0.05, 0.1) is 12.6 Å². The quantitative estimate of drug-likeness (QED) is 0.806. The van der Waals surface area contributed by atoms with Crippen molar-refractivity contribution in [2.24, 2.45) is 0 Å². The standard InChI is InChI=1S/C16H24N2O3/c1-15(2,3)21-14(19)18-13(10-20-16(18,4)5)11-6-8-12(17)9-7-11/h6-9,13H,10,17H2,1-5H3. The first-order chi connectivity index (χ1) is 9.60. The van der Waals surface area contributed by atoms with E-state index in [9.17, 15) is 4.79 Å². The molecule has 0 aromatic heterocycles. The van der Waals surface area contributed by atoms with Crippen LogP contribution in [0, 0.1) is 0 Å². The Hall–Kier alpha value is -1.75. The van der Waals surface area contributed by atoms with Crippen LogP contribution < -0.4 is 5.73 Å². The molecule has 1 unspecified atom stereocenters. The molecule has 5 heteroatoms. The van der Waals surface area contributed by atoms with Crippen LogP contribution in [-0.4, -0.2) is 28.9 Å². The molecule has 1 aromatic rings. The molecule has 1 heterocycles. The number of anilines is 1. The minimum atomic E-state index is -0.700. The largest absolute Gasteiger partial charge is 0.444 e. The van der Waals surface area contributed by atoms with Gasteiger partial charge in [-0.2, -0.15) is 0 Å². The summed E-state index contributed by atoms with van der Waals surface area (Å²) in [6.07, 6.45) is -0.369. The molecule has 1 aliphatic heterocycles. The first-order valence-corrected chi connectivity index (χ1v) is 7.12. The van der Waals surface area contributed by atoms with Gasteiger partial charge in [-0.3, -0.25) is 4.90 Å². The van der Waals surface area contributed by atoms with Crippen LogP contribution in [0.2, 0.25) is 0 Å². The van der Waals surface area contributed by atoms with Crippen LogP contribution in [0.1, 0.15) is 46.2 Å². The Kier molecular flexibility index (Phi) is 3.89. The van der Waals surface area contributed by atoms with Crippen LogP contribution in [0.5, 0.6) is 0 Å². The Morgan fingerprint density at radius 1 is 1.33 bits per heavy atom. The second-order valence-corrected chi connectivity index (χ2v) is 6.79. The first kappa shape index (κ1) is 15.6. The highest BCUT2D eigenvalue weighted by atomic mass is 16.6. The molecule has 1 amide bonds. The van der Waals surface area contributed by atoms with Gasteiger partial charge in [0.2, 0.25) is 0 Å². The summed E-state index contributed by atoms with van der Waals surface area (Å²) in [6, 6.07) is 7.32. The second-order valence-electron chi connectivity index (χ2n) is 6.79. The zero-order valence-electron chi connectivity index (χ0n) is 13.3. The van der Waals surface area contributed by atoms with Crippen molar-refractivity contribution in [2.75, 3.05) is 12.3 Å². The number of nitrogens with zero attached hydrogens (tertiary/aromatic N) is 1. The van der Waals surface area contributed by atoms with Crippen molar-refractivity contribution in [3.63, 3.8) is 0 Å². The van der Waals surface area contributed by atoms with E-state index >= 15 is 0 Å². The normalized spacial score (nSPS) is 21.4. The number of ether oxygens (including phenoxy) is 2. The molecular formula is C16H24N2O3. The first-order valence-electron chi connectivity index (χ1n) is 7.12. The van der Waals surface area contributed by atoms with Gasteiger partial charge in [0.25, 0.3) is 0 Å². The monoisotopic (exact) mass is 292 g/mol. The van der Waals surface area contributed by atoms with E-state index in [4.69, 9.17) is 15.2 Å². The van der Waals surface area contributed by atoms with E-state index < -0.39 is 11.3 Å². The molecule has 2 rings (SSSR count).